The van der Waals surface area contributed by atoms with Crippen LogP contribution in [0.25, 0.3) is 5.69 Å². The lowest BCUT2D eigenvalue weighted by molar-refractivity contribution is 0.696. The van der Waals surface area contributed by atoms with Crippen molar-refractivity contribution in [1.29, 1.82) is 0 Å². The summed E-state index contributed by atoms with van der Waals surface area (Å²) >= 11 is 11.8. The van der Waals surface area contributed by atoms with E-state index in [1.54, 1.807) is 16.8 Å². The van der Waals surface area contributed by atoms with Gasteiger partial charge in [0, 0.05) is 12.7 Å². The summed E-state index contributed by atoms with van der Waals surface area (Å²) in [5, 5.41) is 8.75. The standard InChI is InChI=1S/C12H13Cl2N3/c1-2-15-8-9-5-6-17(16-9)10-3-4-11(13)12(14)7-10/h3-7,15H,2,8H2,1H3. The summed E-state index contributed by atoms with van der Waals surface area (Å²) < 4.78 is 1.79. The Labute approximate surface area is 110 Å². The Kier molecular flexibility index (Phi) is 4.05. The highest BCUT2D eigenvalue weighted by Gasteiger charge is 2.03. The van der Waals surface area contributed by atoms with Crippen molar-refractivity contribution in [3.63, 3.8) is 0 Å². The average molecular weight is 270 g/mol. The van der Waals surface area contributed by atoms with Gasteiger partial charge in [0.1, 0.15) is 0 Å². The van der Waals surface area contributed by atoms with Crippen LogP contribution in [-0.2, 0) is 6.54 Å². The van der Waals surface area contributed by atoms with Gasteiger partial charge in [0.05, 0.1) is 21.4 Å². The van der Waals surface area contributed by atoms with Gasteiger partial charge in [-0.1, -0.05) is 30.1 Å². The molecule has 0 amide bonds. The van der Waals surface area contributed by atoms with Gasteiger partial charge in [0.2, 0.25) is 0 Å². The van der Waals surface area contributed by atoms with E-state index in [0.717, 1.165) is 24.5 Å². The van der Waals surface area contributed by atoms with E-state index >= 15 is 0 Å². The number of aromatic nitrogens is 2. The summed E-state index contributed by atoms with van der Waals surface area (Å²) in [6, 6.07) is 7.43. The van der Waals surface area contributed by atoms with E-state index in [1.807, 2.05) is 18.3 Å². The van der Waals surface area contributed by atoms with Crippen molar-refractivity contribution in [2.24, 2.45) is 0 Å². The first-order valence-electron chi connectivity index (χ1n) is 5.41. The Bertz CT molecular complexity index is 508. The maximum Gasteiger partial charge on any atom is 0.0766 e. The predicted octanol–water partition coefficient (Wildman–Crippen LogP) is 3.29. The predicted molar refractivity (Wildman–Crippen MR) is 71.0 cm³/mol. The van der Waals surface area contributed by atoms with Gasteiger partial charge in [-0.2, -0.15) is 5.10 Å². The minimum Gasteiger partial charge on any atom is -0.311 e. The molecular weight excluding hydrogens is 257 g/mol. The van der Waals surface area contributed by atoms with Crippen LogP contribution in [0.1, 0.15) is 12.6 Å². The molecule has 0 spiro atoms. The number of halogens is 2. The van der Waals surface area contributed by atoms with Crippen molar-refractivity contribution in [1.82, 2.24) is 15.1 Å². The molecule has 0 radical (unpaired) electrons. The maximum absolute atomic E-state index is 5.97. The molecule has 0 atom stereocenters. The zero-order chi connectivity index (χ0) is 12.3. The van der Waals surface area contributed by atoms with Gasteiger partial charge in [-0.25, -0.2) is 4.68 Å². The monoisotopic (exact) mass is 269 g/mol. The molecule has 5 heteroatoms. The summed E-state index contributed by atoms with van der Waals surface area (Å²) in [5.74, 6) is 0. The van der Waals surface area contributed by atoms with Crippen LogP contribution in [0.5, 0.6) is 0 Å². The lowest BCUT2D eigenvalue weighted by atomic mass is 10.3. The Morgan fingerprint density at radius 1 is 1.24 bits per heavy atom. The Morgan fingerprint density at radius 2 is 2.06 bits per heavy atom. The molecule has 1 aromatic heterocycles. The Morgan fingerprint density at radius 3 is 2.76 bits per heavy atom. The molecule has 1 heterocycles. The van der Waals surface area contributed by atoms with Crippen LogP contribution in [0.2, 0.25) is 10.0 Å². The molecule has 90 valence electrons. The smallest absolute Gasteiger partial charge is 0.0766 e. The molecule has 0 aliphatic rings. The maximum atomic E-state index is 5.97. The molecule has 2 rings (SSSR count). The molecule has 0 aliphatic heterocycles. The summed E-state index contributed by atoms with van der Waals surface area (Å²) in [7, 11) is 0. The van der Waals surface area contributed by atoms with Crippen LogP contribution in [0.4, 0.5) is 0 Å². The molecule has 0 fully saturated rings. The zero-order valence-electron chi connectivity index (χ0n) is 9.45. The topological polar surface area (TPSA) is 29.9 Å². The minimum absolute atomic E-state index is 0.535. The fraction of sp³-hybridized carbons (Fsp3) is 0.250. The van der Waals surface area contributed by atoms with Crippen LogP contribution in [0, 0.1) is 0 Å². The number of nitrogens with zero attached hydrogens (tertiary/aromatic N) is 2. The molecule has 2 aromatic rings. The van der Waals surface area contributed by atoms with E-state index in [9.17, 15) is 0 Å². The molecular formula is C12H13Cl2N3. The number of benzene rings is 1. The van der Waals surface area contributed by atoms with Gasteiger partial charge in [-0.15, -0.1) is 0 Å². The average Bonchev–Trinajstić information content (AvgIpc) is 2.79. The Hall–Kier alpha value is -1.03. The van der Waals surface area contributed by atoms with Crippen molar-refractivity contribution < 1.29 is 0 Å². The quantitative estimate of drug-likeness (QED) is 0.923. The third-order valence-corrected chi connectivity index (χ3v) is 3.11. The van der Waals surface area contributed by atoms with E-state index in [4.69, 9.17) is 23.2 Å². The normalized spacial score (nSPS) is 10.8. The first-order valence-corrected chi connectivity index (χ1v) is 6.17. The van der Waals surface area contributed by atoms with E-state index in [0.29, 0.717) is 10.0 Å². The number of rotatable bonds is 4. The third-order valence-electron chi connectivity index (χ3n) is 2.37. The van der Waals surface area contributed by atoms with Crippen LogP contribution in [0.3, 0.4) is 0 Å². The second kappa shape index (κ2) is 5.54. The van der Waals surface area contributed by atoms with Crippen LogP contribution in [0.15, 0.2) is 30.5 Å². The molecule has 0 bridgehead atoms. The van der Waals surface area contributed by atoms with Gasteiger partial charge < -0.3 is 5.32 Å². The molecule has 1 N–H and O–H groups in total. The van der Waals surface area contributed by atoms with Crippen LogP contribution in [-0.4, -0.2) is 16.3 Å². The SMILES string of the molecule is CCNCc1ccn(-c2ccc(Cl)c(Cl)c2)n1. The highest BCUT2D eigenvalue weighted by atomic mass is 35.5. The molecule has 0 saturated carbocycles. The van der Waals surface area contributed by atoms with Crippen LogP contribution < -0.4 is 5.32 Å². The second-order valence-corrected chi connectivity index (χ2v) is 4.44. The van der Waals surface area contributed by atoms with E-state index < -0.39 is 0 Å². The molecule has 0 saturated heterocycles. The van der Waals surface area contributed by atoms with Crippen molar-refractivity contribution in [2.45, 2.75) is 13.5 Å². The summed E-state index contributed by atoms with van der Waals surface area (Å²) in [6.45, 7) is 3.76. The number of hydrogen-bond donors (Lipinski definition) is 1. The molecule has 3 nitrogen and oxygen atoms in total. The van der Waals surface area contributed by atoms with E-state index in [2.05, 4.69) is 17.3 Å². The Balaban J connectivity index is 2.21. The van der Waals surface area contributed by atoms with Crippen molar-refractivity contribution in [3.05, 3.63) is 46.2 Å². The number of hydrogen-bond acceptors (Lipinski definition) is 2. The lowest BCUT2D eigenvalue weighted by Crippen LogP contribution is -2.12. The van der Waals surface area contributed by atoms with E-state index in [-0.39, 0.29) is 0 Å². The highest BCUT2D eigenvalue weighted by molar-refractivity contribution is 6.42. The first-order chi connectivity index (χ1) is 8.20. The van der Waals surface area contributed by atoms with Gasteiger partial charge >= 0.3 is 0 Å². The van der Waals surface area contributed by atoms with Crippen molar-refractivity contribution in [3.8, 4) is 5.69 Å². The highest BCUT2D eigenvalue weighted by Crippen LogP contribution is 2.24. The molecule has 0 aliphatic carbocycles. The van der Waals surface area contributed by atoms with Gasteiger partial charge in [0.15, 0.2) is 0 Å². The van der Waals surface area contributed by atoms with Crippen molar-refractivity contribution in [2.75, 3.05) is 6.54 Å². The van der Waals surface area contributed by atoms with E-state index in [1.165, 1.54) is 0 Å². The summed E-state index contributed by atoms with van der Waals surface area (Å²) in [5.41, 5.74) is 1.90. The van der Waals surface area contributed by atoms with Crippen molar-refractivity contribution >= 4 is 23.2 Å². The number of nitrogens with one attached hydrogen (secondary N) is 1. The molecule has 17 heavy (non-hydrogen) atoms. The van der Waals surface area contributed by atoms with Gasteiger partial charge in [-0.3, -0.25) is 0 Å². The van der Waals surface area contributed by atoms with Gasteiger partial charge in [0.25, 0.3) is 0 Å². The first kappa shape index (κ1) is 12.4. The molecule has 1 aromatic carbocycles. The zero-order valence-corrected chi connectivity index (χ0v) is 11.0. The minimum atomic E-state index is 0.535. The molecule has 0 unspecified atom stereocenters. The fourth-order valence-corrected chi connectivity index (χ4v) is 1.77. The second-order valence-electron chi connectivity index (χ2n) is 3.63. The van der Waals surface area contributed by atoms with Crippen LogP contribution >= 0.6 is 23.2 Å². The largest absolute Gasteiger partial charge is 0.311 e. The summed E-state index contributed by atoms with van der Waals surface area (Å²) in [4.78, 5) is 0. The fourth-order valence-electron chi connectivity index (χ4n) is 1.48. The third kappa shape index (κ3) is 3.00. The van der Waals surface area contributed by atoms with Gasteiger partial charge in [-0.05, 0) is 30.8 Å². The summed E-state index contributed by atoms with van der Waals surface area (Å²) in [6.07, 6.45) is 1.91. The lowest BCUT2D eigenvalue weighted by Gasteiger charge is -2.03.